The van der Waals surface area contributed by atoms with Gasteiger partial charge in [0.2, 0.25) is 0 Å². The highest BCUT2D eigenvalue weighted by Gasteiger charge is 2.76. The van der Waals surface area contributed by atoms with Crippen LogP contribution in [-0.4, -0.2) is 48.7 Å². The Morgan fingerprint density at radius 2 is 1.78 bits per heavy atom. The summed E-state index contributed by atoms with van der Waals surface area (Å²) in [5.41, 5.74) is 1.81. The highest BCUT2D eigenvalue weighted by Crippen LogP contribution is 2.73. The predicted octanol–water partition coefficient (Wildman–Crippen LogP) is 5.52. The molecule has 3 aliphatic carbocycles. The van der Waals surface area contributed by atoms with Crippen molar-refractivity contribution in [1.29, 1.82) is 0 Å². The van der Waals surface area contributed by atoms with Crippen molar-refractivity contribution in [3.63, 3.8) is 0 Å². The van der Waals surface area contributed by atoms with E-state index in [1.807, 2.05) is 12.3 Å². The predicted molar refractivity (Wildman–Crippen MR) is 148 cm³/mol. The van der Waals surface area contributed by atoms with E-state index in [-0.39, 0.29) is 47.5 Å². The zero-order valence-electron chi connectivity index (χ0n) is 25.1. The molecule has 0 bridgehead atoms. The van der Waals surface area contributed by atoms with Crippen molar-refractivity contribution in [3.8, 4) is 0 Å². The summed E-state index contributed by atoms with van der Waals surface area (Å²) in [6.07, 6.45) is 7.52. The monoisotopic (exact) mass is 566 g/mol. The number of ether oxygens (including phenoxy) is 4. The lowest BCUT2D eigenvalue weighted by Gasteiger charge is -2.66. The number of hydrogen-bond donors (Lipinski definition) is 0. The minimum Gasteiger partial charge on any atom is -0.494 e. The molecule has 0 N–H and O–H groups in total. The molecule has 5 aliphatic rings. The lowest BCUT2D eigenvalue weighted by Crippen LogP contribution is -2.70. The van der Waals surface area contributed by atoms with Gasteiger partial charge in [-0.05, 0) is 67.2 Å². The number of hydrogen-bond acceptors (Lipinski definition) is 8. The van der Waals surface area contributed by atoms with Crippen LogP contribution in [-0.2, 0) is 33.3 Å². The maximum absolute atomic E-state index is 12.8. The average molecular weight is 567 g/mol. The van der Waals surface area contributed by atoms with Crippen LogP contribution in [0.2, 0.25) is 0 Å². The van der Waals surface area contributed by atoms with Crippen LogP contribution in [0.3, 0.4) is 0 Å². The van der Waals surface area contributed by atoms with Gasteiger partial charge in [0.1, 0.15) is 24.1 Å². The van der Waals surface area contributed by atoms with Crippen LogP contribution in [0.1, 0.15) is 79.2 Å². The fraction of sp³-hybridized carbons (Fsp3) is 0.667. The molecule has 1 saturated heterocycles. The molecule has 11 unspecified atom stereocenters. The summed E-state index contributed by atoms with van der Waals surface area (Å²) in [6, 6.07) is 2.00. The van der Waals surface area contributed by atoms with Crippen LogP contribution < -0.4 is 0 Å². The molecule has 3 heterocycles. The highest BCUT2D eigenvalue weighted by molar-refractivity contribution is 5.76. The molecule has 1 aromatic heterocycles. The zero-order chi connectivity index (χ0) is 29.5. The highest BCUT2D eigenvalue weighted by atomic mass is 16.6. The molecule has 11 atom stereocenters. The van der Waals surface area contributed by atoms with Crippen molar-refractivity contribution >= 4 is 17.7 Å². The first-order valence-corrected chi connectivity index (χ1v) is 14.8. The second-order valence-electron chi connectivity index (χ2n) is 13.7. The van der Waals surface area contributed by atoms with E-state index in [1.165, 1.54) is 19.4 Å². The molecule has 2 saturated carbocycles. The Labute approximate surface area is 241 Å². The minimum absolute atomic E-state index is 0.0811. The van der Waals surface area contributed by atoms with Gasteiger partial charge in [-0.25, -0.2) is 0 Å². The molecule has 0 aromatic carbocycles. The number of furan rings is 1. The summed E-state index contributed by atoms with van der Waals surface area (Å²) >= 11 is 0. The van der Waals surface area contributed by atoms with E-state index in [1.54, 1.807) is 19.5 Å². The van der Waals surface area contributed by atoms with E-state index in [0.29, 0.717) is 19.4 Å². The standard InChI is InChI=1S/C33H42O8/c1-17(34)12-22-13-26(40-19(3)35)31(5)16-39-28-29(31)32(22,6)25-9-11-38-24-14-23(21-8-10-37-15-21)18(2)27(24)33(25,7)30(28)41-20(4)36/h8-11,15,22-26,28-30H,12-14,16H2,1-7H3. The Morgan fingerprint density at radius 1 is 1.05 bits per heavy atom. The van der Waals surface area contributed by atoms with Crippen LogP contribution >= 0.6 is 0 Å². The third-order valence-corrected chi connectivity index (χ3v) is 11.5. The summed E-state index contributed by atoms with van der Waals surface area (Å²) in [7, 11) is 0. The van der Waals surface area contributed by atoms with Crippen molar-refractivity contribution in [2.45, 2.75) is 98.1 Å². The van der Waals surface area contributed by atoms with E-state index in [2.05, 4.69) is 33.8 Å². The van der Waals surface area contributed by atoms with E-state index < -0.39 is 34.6 Å². The van der Waals surface area contributed by atoms with Gasteiger partial charge >= 0.3 is 11.9 Å². The quantitative estimate of drug-likeness (QED) is 0.339. The number of esters is 2. The lowest BCUT2D eigenvalue weighted by molar-refractivity contribution is -0.233. The van der Waals surface area contributed by atoms with Crippen molar-refractivity contribution < 1.29 is 37.7 Å². The van der Waals surface area contributed by atoms with E-state index in [4.69, 9.17) is 23.4 Å². The molecule has 1 aromatic rings. The zero-order valence-corrected chi connectivity index (χ0v) is 25.1. The first-order chi connectivity index (χ1) is 19.3. The van der Waals surface area contributed by atoms with Crippen molar-refractivity contribution in [1.82, 2.24) is 0 Å². The molecule has 6 rings (SSSR count). The molecule has 8 nitrogen and oxygen atoms in total. The Bertz CT molecular complexity index is 1310. The molecular formula is C33H42O8. The Morgan fingerprint density at radius 3 is 2.41 bits per heavy atom. The van der Waals surface area contributed by atoms with Gasteiger partial charge in [-0.15, -0.1) is 0 Å². The van der Waals surface area contributed by atoms with Gasteiger partial charge in [0.05, 0.1) is 31.5 Å². The molecule has 222 valence electrons. The second-order valence-corrected chi connectivity index (χ2v) is 13.7. The lowest BCUT2D eigenvalue weighted by atomic mass is 9.38. The fourth-order valence-electron chi connectivity index (χ4n) is 10.2. The molecule has 0 radical (unpaired) electrons. The van der Waals surface area contributed by atoms with Gasteiger partial charge in [-0.3, -0.25) is 9.59 Å². The minimum atomic E-state index is -0.670. The summed E-state index contributed by atoms with van der Waals surface area (Å²) in [4.78, 5) is 37.8. The fourth-order valence-corrected chi connectivity index (χ4v) is 10.2. The van der Waals surface area contributed by atoms with Gasteiger partial charge in [0, 0.05) is 42.9 Å². The van der Waals surface area contributed by atoms with Crippen molar-refractivity contribution in [3.05, 3.63) is 47.6 Å². The number of rotatable bonds is 5. The van der Waals surface area contributed by atoms with Gasteiger partial charge in [0.15, 0.2) is 0 Å². The van der Waals surface area contributed by atoms with Gasteiger partial charge in [0.25, 0.3) is 0 Å². The van der Waals surface area contributed by atoms with Crippen molar-refractivity contribution in [2.24, 2.45) is 34.0 Å². The molecule has 8 heteroatoms. The second kappa shape index (κ2) is 9.58. The van der Waals surface area contributed by atoms with E-state index in [0.717, 1.165) is 17.6 Å². The van der Waals surface area contributed by atoms with Gasteiger partial charge in [-0.1, -0.05) is 26.3 Å². The summed E-state index contributed by atoms with van der Waals surface area (Å²) in [6.45, 7) is 13.7. The molecule has 41 heavy (non-hydrogen) atoms. The number of carbonyl (C=O) groups is 3. The number of Topliss-reactive ketones (excluding diaryl/α,β-unsaturated/α-hetero) is 1. The van der Waals surface area contributed by atoms with Crippen LogP contribution in [0.25, 0.3) is 0 Å². The molecular weight excluding hydrogens is 524 g/mol. The summed E-state index contributed by atoms with van der Waals surface area (Å²) in [5, 5.41) is 0. The van der Waals surface area contributed by atoms with Crippen LogP contribution in [0, 0.1) is 34.0 Å². The van der Waals surface area contributed by atoms with E-state index >= 15 is 0 Å². The Balaban J connectivity index is 1.58. The number of fused-ring (bicyclic) bond motifs is 4. The molecule has 0 amide bonds. The first-order valence-electron chi connectivity index (χ1n) is 14.8. The number of ketones is 1. The molecule has 2 aliphatic heterocycles. The third kappa shape index (κ3) is 3.92. The molecule has 0 spiro atoms. The Kier molecular flexibility index (Phi) is 6.60. The third-order valence-electron chi connectivity index (χ3n) is 11.5. The van der Waals surface area contributed by atoms with Crippen molar-refractivity contribution in [2.75, 3.05) is 6.61 Å². The topological polar surface area (TPSA) is 101 Å². The maximum Gasteiger partial charge on any atom is 0.303 e. The van der Waals surface area contributed by atoms with Crippen LogP contribution in [0.5, 0.6) is 0 Å². The van der Waals surface area contributed by atoms with Crippen LogP contribution in [0.15, 0.2) is 46.5 Å². The number of allylic oxidation sites excluding steroid dienone is 2. The van der Waals surface area contributed by atoms with Gasteiger partial charge < -0.3 is 28.2 Å². The Hall–Kier alpha value is -2.87. The SMILES string of the molecule is CC(=O)CC1CC(OC(C)=O)C2(C)COC3C(OC(C)=O)C4(C)C5=C(C)C(c6ccoc6)CC5OC=CC4C1(C)C32. The maximum atomic E-state index is 12.8. The number of carbonyl (C=O) groups excluding carboxylic acids is 3. The summed E-state index contributed by atoms with van der Waals surface area (Å²) < 4.78 is 30.9. The molecule has 3 fully saturated rings. The smallest absolute Gasteiger partial charge is 0.303 e. The first kappa shape index (κ1) is 28.3. The van der Waals surface area contributed by atoms with E-state index in [9.17, 15) is 14.4 Å². The average Bonchev–Trinajstić information content (AvgIpc) is 3.58. The van der Waals surface area contributed by atoms with Gasteiger partial charge in [-0.2, -0.15) is 0 Å². The summed E-state index contributed by atoms with van der Waals surface area (Å²) in [5.74, 6) is -0.841. The van der Waals surface area contributed by atoms with Crippen LogP contribution in [0.4, 0.5) is 0 Å². The largest absolute Gasteiger partial charge is 0.494 e. The normalized spacial score (nSPS) is 44.3.